The van der Waals surface area contributed by atoms with E-state index in [1.54, 1.807) is 30.1 Å². The van der Waals surface area contributed by atoms with Crippen molar-refractivity contribution in [2.75, 3.05) is 7.11 Å². The summed E-state index contributed by atoms with van der Waals surface area (Å²) < 4.78 is 22.2. The highest BCUT2D eigenvalue weighted by Crippen LogP contribution is 2.27. The Morgan fingerprint density at radius 2 is 1.62 bits per heavy atom. The van der Waals surface area contributed by atoms with Gasteiger partial charge in [-0.1, -0.05) is 35.9 Å². The number of ether oxygens (including phenoxy) is 1. The zero-order valence-electron chi connectivity index (χ0n) is 17.9. The average Bonchev–Trinajstić information content (AvgIpc) is 3.11. The molecule has 5 rings (SSSR count). The molecule has 0 saturated carbocycles. The van der Waals surface area contributed by atoms with E-state index in [2.05, 4.69) is 11.1 Å². The molecule has 0 aliphatic rings. The minimum absolute atomic E-state index is 0.109. The van der Waals surface area contributed by atoms with Crippen LogP contribution >= 0.6 is 0 Å². The first-order valence-electron chi connectivity index (χ1n) is 10.4. The van der Waals surface area contributed by atoms with Crippen LogP contribution in [0, 0.1) is 12.7 Å². The summed E-state index contributed by atoms with van der Waals surface area (Å²) in [6.45, 7) is 2.88. The average molecular weight is 427 g/mol. The zero-order valence-corrected chi connectivity index (χ0v) is 17.9. The SMILES string of the molecule is COc1ccc(Cn2cnc3c4cc(C)ccc4n(Cc4ccc(F)cc4)c3c2=O)cc1. The third-order valence-corrected chi connectivity index (χ3v) is 5.75. The predicted molar refractivity (Wildman–Crippen MR) is 124 cm³/mol. The fourth-order valence-corrected chi connectivity index (χ4v) is 4.09. The molecule has 0 radical (unpaired) electrons. The van der Waals surface area contributed by atoms with Gasteiger partial charge in [0.15, 0.2) is 0 Å². The molecule has 0 bridgehead atoms. The minimum Gasteiger partial charge on any atom is -0.497 e. The number of halogens is 1. The van der Waals surface area contributed by atoms with E-state index in [9.17, 15) is 9.18 Å². The summed E-state index contributed by atoms with van der Waals surface area (Å²) in [5.41, 5.74) is 5.04. The quantitative estimate of drug-likeness (QED) is 0.401. The van der Waals surface area contributed by atoms with E-state index in [0.717, 1.165) is 33.3 Å². The molecule has 2 heterocycles. The lowest BCUT2D eigenvalue weighted by Gasteiger charge is -2.10. The van der Waals surface area contributed by atoms with Gasteiger partial charge < -0.3 is 9.30 Å². The van der Waals surface area contributed by atoms with E-state index in [0.29, 0.717) is 24.1 Å². The van der Waals surface area contributed by atoms with Gasteiger partial charge in [0, 0.05) is 11.9 Å². The van der Waals surface area contributed by atoms with Gasteiger partial charge in [-0.25, -0.2) is 9.37 Å². The molecule has 2 aromatic heterocycles. The van der Waals surface area contributed by atoms with E-state index >= 15 is 0 Å². The van der Waals surface area contributed by atoms with Gasteiger partial charge >= 0.3 is 0 Å². The number of aryl methyl sites for hydroxylation is 1. The second-order valence-corrected chi connectivity index (χ2v) is 7.96. The molecule has 0 atom stereocenters. The Morgan fingerprint density at radius 3 is 2.34 bits per heavy atom. The Morgan fingerprint density at radius 1 is 0.938 bits per heavy atom. The molecule has 3 aromatic carbocycles. The third kappa shape index (κ3) is 3.54. The first-order chi connectivity index (χ1) is 15.5. The fourth-order valence-electron chi connectivity index (χ4n) is 4.09. The lowest BCUT2D eigenvalue weighted by Crippen LogP contribution is -2.23. The number of fused-ring (bicyclic) bond motifs is 3. The van der Waals surface area contributed by atoms with E-state index in [-0.39, 0.29) is 11.4 Å². The zero-order chi connectivity index (χ0) is 22.2. The Balaban J connectivity index is 1.67. The van der Waals surface area contributed by atoms with Crippen LogP contribution in [-0.2, 0) is 13.1 Å². The van der Waals surface area contributed by atoms with Crippen molar-refractivity contribution in [2.24, 2.45) is 0 Å². The Hall–Kier alpha value is -3.93. The topological polar surface area (TPSA) is 49.0 Å². The Labute approximate surface area is 184 Å². The summed E-state index contributed by atoms with van der Waals surface area (Å²) in [4.78, 5) is 18.3. The lowest BCUT2D eigenvalue weighted by atomic mass is 10.1. The maximum absolute atomic E-state index is 13.6. The summed E-state index contributed by atoms with van der Waals surface area (Å²) >= 11 is 0. The summed E-state index contributed by atoms with van der Waals surface area (Å²) in [5.74, 6) is 0.486. The molecule has 5 nitrogen and oxygen atoms in total. The van der Waals surface area contributed by atoms with Crippen LogP contribution in [0.3, 0.4) is 0 Å². The number of hydrogen-bond donors (Lipinski definition) is 0. The lowest BCUT2D eigenvalue weighted by molar-refractivity contribution is 0.414. The van der Waals surface area contributed by atoms with Gasteiger partial charge in [-0.15, -0.1) is 0 Å². The van der Waals surface area contributed by atoms with Gasteiger partial charge in [-0.3, -0.25) is 9.36 Å². The number of rotatable bonds is 5. The molecule has 0 aliphatic carbocycles. The third-order valence-electron chi connectivity index (χ3n) is 5.75. The van der Waals surface area contributed by atoms with Crippen LogP contribution in [0.25, 0.3) is 21.9 Å². The van der Waals surface area contributed by atoms with Crippen molar-refractivity contribution in [2.45, 2.75) is 20.0 Å². The van der Waals surface area contributed by atoms with Crippen molar-refractivity contribution < 1.29 is 9.13 Å². The first kappa shape index (κ1) is 20.0. The van der Waals surface area contributed by atoms with Crippen LogP contribution in [0.2, 0.25) is 0 Å². The normalized spacial score (nSPS) is 11.3. The van der Waals surface area contributed by atoms with Gasteiger partial charge in [0.25, 0.3) is 5.56 Å². The molecule has 5 aromatic rings. The Bertz CT molecular complexity index is 1480. The largest absolute Gasteiger partial charge is 0.497 e. The maximum Gasteiger partial charge on any atom is 0.278 e. The van der Waals surface area contributed by atoms with Crippen molar-refractivity contribution in [1.29, 1.82) is 0 Å². The van der Waals surface area contributed by atoms with Gasteiger partial charge in [-0.05, 0) is 54.4 Å². The molecular weight excluding hydrogens is 405 g/mol. The Kier molecular flexibility index (Phi) is 4.98. The highest BCUT2D eigenvalue weighted by Gasteiger charge is 2.17. The van der Waals surface area contributed by atoms with Gasteiger partial charge in [0.1, 0.15) is 22.6 Å². The van der Waals surface area contributed by atoms with Crippen molar-refractivity contribution >= 4 is 21.9 Å². The van der Waals surface area contributed by atoms with Crippen LogP contribution in [0.1, 0.15) is 16.7 Å². The van der Waals surface area contributed by atoms with E-state index < -0.39 is 0 Å². The molecule has 0 saturated heterocycles. The maximum atomic E-state index is 13.6. The van der Waals surface area contributed by atoms with Crippen molar-refractivity contribution in [3.63, 3.8) is 0 Å². The fraction of sp³-hybridized carbons (Fsp3) is 0.154. The molecule has 0 unspecified atom stereocenters. The summed E-state index contributed by atoms with van der Waals surface area (Å²) in [6.07, 6.45) is 1.61. The molecule has 0 amide bonds. The van der Waals surface area contributed by atoms with Crippen LogP contribution in [-0.4, -0.2) is 21.2 Å². The molecule has 0 N–H and O–H groups in total. The predicted octanol–water partition coefficient (Wildman–Crippen LogP) is 4.90. The van der Waals surface area contributed by atoms with Gasteiger partial charge in [0.2, 0.25) is 0 Å². The summed E-state index contributed by atoms with van der Waals surface area (Å²) in [7, 11) is 1.62. The number of nitrogens with zero attached hydrogens (tertiary/aromatic N) is 3. The van der Waals surface area contributed by atoms with Crippen LogP contribution < -0.4 is 10.3 Å². The van der Waals surface area contributed by atoms with Crippen molar-refractivity contribution in [1.82, 2.24) is 14.1 Å². The van der Waals surface area contributed by atoms with E-state index in [1.165, 1.54) is 12.1 Å². The highest BCUT2D eigenvalue weighted by molar-refractivity contribution is 6.05. The molecule has 160 valence electrons. The van der Waals surface area contributed by atoms with Gasteiger partial charge in [0.05, 0.1) is 25.5 Å². The highest BCUT2D eigenvalue weighted by atomic mass is 19.1. The number of hydrogen-bond acceptors (Lipinski definition) is 3. The standard InChI is InChI=1S/C26H22FN3O2/c1-17-3-12-23-22(13-17)24-25(30(23)15-19-4-8-20(27)9-5-19)26(31)29(16-28-24)14-18-6-10-21(32-2)11-7-18/h3-13,16H,14-15H2,1-2H3. The molecule has 0 fully saturated rings. The smallest absolute Gasteiger partial charge is 0.278 e. The molecule has 0 aliphatic heterocycles. The van der Waals surface area contributed by atoms with E-state index in [1.807, 2.05) is 47.9 Å². The van der Waals surface area contributed by atoms with Crippen LogP contribution in [0.5, 0.6) is 5.75 Å². The number of aromatic nitrogens is 3. The van der Waals surface area contributed by atoms with E-state index in [4.69, 9.17) is 4.74 Å². The number of methoxy groups -OCH3 is 1. The number of benzene rings is 3. The molecule has 6 heteroatoms. The first-order valence-corrected chi connectivity index (χ1v) is 10.4. The molecule has 32 heavy (non-hydrogen) atoms. The van der Waals surface area contributed by atoms with Gasteiger partial charge in [-0.2, -0.15) is 0 Å². The molecule has 0 spiro atoms. The van der Waals surface area contributed by atoms with Crippen LogP contribution in [0.15, 0.2) is 77.9 Å². The second kappa shape index (κ2) is 7.96. The minimum atomic E-state index is -0.282. The monoisotopic (exact) mass is 427 g/mol. The summed E-state index contributed by atoms with van der Waals surface area (Å²) in [5, 5.41) is 0.941. The summed E-state index contributed by atoms with van der Waals surface area (Å²) in [6, 6.07) is 20.1. The van der Waals surface area contributed by atoms with Crippen molar-refractivity contribution in [3.8, 4) is 5.75 Å². The molecular formula is C26H22FN3O2. The second-order valence-electron chi connectivity index (χ2n) is 7.96. The van der Waals surface area contributed by atoms with Crippen LogP contribution in [0.4, 0.5) is 4.39 Å². The van der Waals surface area contributed by atoms with Crippen molar-refractivity contribution in [3.05, 3.63) is 106 Å².